The highest BCUT2D eigenvalue weighted by Gasteiger charge is 2.31. The van der Waals surface area contributed by atoms with E-state index < -0.39 is 0 Å². The fourth-order valence-corrected chi connectivity index (χ4v) is 2.96. The minimum Gasteiger partial charge on any atom is -0.493 e. The van der Waals surface area contributed by atoms with Crippen LogP contribution < -0.4 is 10.1 Å². The van der Waals surface area contributed by atoms with Crippen LogP contribution in [0, 0.1) is 0 Å². The Hall–Kier alpha value is -3.06. The monoisotopic (exact) mass is 354 g/mol. The van der Waals surface area contributed by atoms with E-state index in [0.717, 1.165) is 5.39 Å². The van der Waals surface area contributed by atoms with Crippen LogP contribution in [-0.2, 0) is 11.3 Å². The van der Waals surface area contributed by atoms with Crippen molar-refractivity contribution in [2.45, 2.75) is 6.54 Å². The quantitative estimate of drug-likeness (QED) is 0.573. The first-order valence-electron chi connectivity index (χ1n) is 7.59. The number of nitrogens with one attached hydrogen (secondary N) is 1. The largest absolute Gasteiger partial charge is 0.493 e. The summed E-state index contributed by atoms with van der Waals surface area (Å²) in [6, 6.07) is 11.0. The first kappa shape index (κ1) is 15.5. The zero-order chi connectivity index (χ0) is 17.4. The molecule has 0 bridgehead atoms. The van der Waals surface area contributed by atoms with Crippen LogP contribution >= 0.6 is 12.2 Å². The Labute approximate surface area is 148 Å². The molecule has 0 unspecified atom stereocenters. The van der Waals surface area contributed by atoms with Gasteiger partial charge in [0.25, 0.3) is 5.91 Å². The predicted octanol–water partition coefficient (Wildman–Crippen LogP) is 3.29. The number of amides is 1. The van der Waals surface area contributed by atoms with Gasteiger partial charge in [0, 0.05) is 11.5 Å². The summed E-state index contributed by atoms with van der Waals surface area (Å²) in [7, 11) is 1.59. The molecule has 1 amide bonds. The fraction of sp³-hybridized carbons (Fsp3) is 0.111. The molecule has 6 nitrogen and oxygen atoms in total. The van der Waals surface area contributed by atoms with Crippen molar-refractivity contribution in [2.75, 3.05) is 7.11 Å². The van der Waals surface area contributed by atoms with Crippen molar-refractivity contribution >= 4 is 40.3 Å². The van der Waals surface area contributed by atoms with E-state index in [2.05, 4.69) is 5.32 Å². The summed E-state index contributed by atoms with van der Waals surface area (Å²) < 4.78 is 16.4. The van der Waals surface area contributed by atoms with Gasteiger partial charge in [-0.2, -0.15) is 0 Å². The van der Waals surface area contributed by atoms with Gasteiger partial charge in [-0.3, -0.25) is 9.69 Å². The van der Waals surface area contributed by atoms with Crippen molar-refractivity contribution in [2.24, 2.45) is 0 Å². The Kier molecular flexibility index (Phi) is 3.77. The number of hydrogen-bond donors (Lipinski definition) is 1. The molecule has 0 aliphatic carbocycles. The maximum Gasteiger partial charge on any atom is 0.277 e. The zero-order valence-electron chi connectivity index (χ0n) is 13.3. The van der Waals surface area contributed by atoms with E-state index in [9.17, 15) is 4.79 Å². The first-order valence-corrected chi connectivity index (χ1v) is 8.00. The van der Waals surface area contributed by atoms with Crippen molar-refractivity contribution in [3.8, 4) is 5.75 Å². The molecule has 0 spiro atoms. The van der Waals surface area contributed by atoms with Crippen molar-refractivity contribution in [1.82, 2.24) is 10.2 Å². The molecular weight excluding hydrogens is 340 g/mol. The summed E-state index contributed by atoms with van der Waals surface area (Å²) in [6.45, 7) is 0.281. The van der Waals surface area contributed by atoms with Gasteiger partial charge in [-0.25, -0.2) is 0 Å². The number of carbonyl (C=O) groups is 1. The van der Waals surface area contributed by atoms with E-state index in [4.69, 9.17) is 25.8 Å². The van der Waals surface area contributed by atoms with Gasteiger partial charge >= 0.3 is 0 Å². The van der Waals surface area contributed by atoms with Gasteiger partial charge in [0.15, 0.2) is 16.4 Å². The summed E-state index contributed by atoms with van der Waals surface area (Å²) in [5.74, 6) is 1.61. The van der Waals surface area contributed by atoms with E-state index in [1.165, 1.54) is 4.90 Å². The molecule has 1 saturated heterocycles. The van der Waals surface area contributed by atoms with E-state index in [0.29, 0.717) is 33.7 Å². The zero-order valence-corrected chi connectivity index (χ0v) is 14.1. The van der Waals surface area contributed by atoms with Crippen molar-refractivity contribution in [3.05, 3.63) is 59.9 Å². The lowest BCUT2D eigenvalue weighted by molar-refractivity contribution is -0.122. The molecule has 0 saturated carbocycles. The number of rotatable bonds is 4. The van der Waals surface area contributed by atoms with Crippen LogP contribution in [0.3, 0.4) is 0 Å². The Bertz CT molecular complexity index is 988. The Morgan fingerprint density at radius 1 is 1.32 bits per heavy atom. The number of carbonyl (C=O) groups excluding carboxylic acids is 1. The van der Waals surface area contributed by atoms with Crippen LogP contribution in [0.15, 0.2) is 57.2 Å². The number of hydrogen-bond acceptors (Lipinski definition) is 5. The molecule has 1 aliphatic rings. The molecule has 1 fully saturated rings. The number of thiocarbonyl (C=S) groups is 1. The molecule has 0 atom stereocenters. The summed E-state index contributed by atoms with van der Waals surface area (Å²) in [6.07, 6.45) is 3.20. The molecule has 4 rings (SSSR count). The van der Waals surface area contributed by atoms with Crippen molar-refractivity contribution in [1.29, 1.82) is 0 Å². The SMILES string of the molecule is COc1cccc2cc(/C=C3/NC(=S)N(Cc4ccco4)C3=O)oc12. The smallest absolute Gasteiger partial charge is 0.277 e. The minimum atomic E-state index is -0.228. The average Bonchev–Trinajstić information content (AvgIpc) is 3.31. The van der Waals surface area contributed by atoms with Gasteiger partial charge in [-0.1, -0.05) is 12.1 Å². The maximum absolute atomic E-state index is 12.6. The number of furan rings is 2. The molecule has 2 aromatic heterocycles. The van der Waals surface area contributed by atoms with E-state index in [1.54, 1.807) is 31.6 Å². The molecule has 1 aromatic carbocycles. The number of nitrogens with zero attached hydrogens (tertiary/aromatic N) is 1. The molecule has 3 aromatic rings. The van der Waals surface area contributed by atoms with Crippen LogP contribution in [-0.4, -0.2) is 23.0 Å². The Balaban J connectivity index is 1.63. The number of benzene rings is 1. The van der Waals surface area contributed by atoms with Crippen LogP contribution in [0.5, 0.6) is 5.75 Å². The third-order valence-electron chi connectivity index (χ3n) is 3.89. The highest BCUT2D eigenvalue weighted by molar-refractivity contribution is 7.80. The molecule has 0 radical (unpaired) electrons. The van der Waals surface area contributed by atoms with Gasteiger partial charge in [0.2, 0.25) is 0 Å². The van der Waals surface area contributed by atoms with Gasteiger partial charge < -0.3 is 18.9 Å². The molecule has 25 heavy (non-hydrogen) atoms. The van der Waals surface area contributed by atoms with Crippen LogP contribution in [0.4, 0.5) is 0 Å². The van der Waals surface area contributed by atoms with Crippen molar-refractivity contribution in [3.63, 3.8) is 0 Å². The van der Waals surface area contributed by atoms with Crippen LogP contribution in [0.25, 0.3) is 17.0 Å². The topological polar surface area (TPSA) is 67.8 Å². The van der Waals surface area contributed by atoms with Gasteiger partial charge in [-0.05, 0) is 36.5 Å². The lowest BCUT2D eigenvalue weighted by Crippen LogP contribution is -2.29. The fourth-order valence-electron chi connectivity index (χ4n) is 2.70. The highest BCUT2D eigenvalue weighted by Crippen LogP contribution is 2.29. The minimum absolute atomic E-state index is 0.228. The van der Waals surface area contributed by atoms with Crippen molar-refractivity contribution < 1.29 is 18.4 Å². The third kappa shape index (κ3) is 2.78. The standard InChI is InChI=1S/C18H14N2O4S/c1-22-15-6-2-4-11-8-13(24-16(11)15)9-14-17(21)20(18(25)19-14)10-12-5-3-7-23-12/h2-9H,10H2,1H3,(H,19,25)/b14-9+. The summed E-state index contributed by atoms with van der Waals surface area (Å²) in [5, 5.41) is 4.15. The van der Waals surface area contributed by atoms with Gasteiger partial charge in [-0.15, -0.1) is 0 Å². The Morgan fingerprint density at radius 2 is 2.20 bits per heavy atom. The molecule has 1 N–H and O–H groups in total. The summed E-state index contributed by atoms with van der Waals surface area (Å²) in [5.41, 5.74) is 0.992. The predicted molar refractivity (Wildman–Crippen MR) is 95.7 cm³/mol. The number of ether oxygens (including phenoxy) is 1. The van der Waals surface area contributed by atoms with Gasteiger partial charge in [0.1, 0.15) is 17.2 Å². The second-order valence-electron chi connectivity index (χ2n) is 5.49. The molecule has 1 aliphatic heterocycles. The summed E-state index contributed by atoms with van der Waals surface area (Å²) >= 11 is 5.25. The molecule has 7 heteroatoms. The van der Waals surface area contributed by atoms with Crippen LogP contribution in [0.2, 0.25) is 0 Å². The average molecular weight is 354 g/mol. The van der Waals surface area contributed by atoms with Crippen LogP contribution in [0.1, 0.15) is 11.5 Å². The lowest BCUT2D eigenvalue weighted by Gasteiger charge is -2.11. The second kappa shape index (κ2) is 6.10. The first-order chi connectivity index (χ1) is 12.2. The molecule has 3 heterocycles. The highest BCUT2D eigenvalue weighted by atomic mass is 32.1. The van der Waals surface area contributed by atoms with E-state index >= 15 is 0 Å². The number of fused-ring (bicyclic) bond motifs is 1. The molecular formula is C18H14N2O4S. The number of para-hydroxylation sites is 1. The maximum atomic E-state index is 12.6. The van der Waals surface area contributed by atoms with Gasteiger partial charge in [0.05, 0.1) is 19.9 Å². The second-order valence-corrected chi connectivity index (χ2v) is 5.87. The number of methoxy groups -OCH3 is 1. The third-order valence-corrected chi connectivity index (χ3v) is 4.21. The lowest BCUT2D eigenvalue weighted by atomic mass is 10.2. The summed E-state index contributed by atoms with van der Waals surface area (Å²) in [4.78, 5) is 14.0. The normalized spacial score (nSPS) is 16.0. The van der Waals surface area contributed by atoms with E-state index in [1.807, 2.05) is 24.3 Å². The Morgan fingerprint density at radius 3 is 2.96 bits per heavy atom. The van der Waals surface area contributed by atoms with E-state index in [-0.39, 0.29) is 12.5 Å². The molecule has 126 valence electrons.